The molecule has 0 saturated carbocycles. The molecule has 1 aromatic carbocycles. The molecule has 0 fully saturated rings. The van der Waals surface area contributed by atoms with Gasteiger partial charge >= 0.3 is 0 Å². The zero-order valence-electron chi connectivity index (χ0n) is 10.3. The molecule has 0 radical (unpaired) electrons. The van der Waals surface area contributed by atoms with Gasteiger partial charge in [0.1, 0.15) is 5.52 Å². The minimum absolute atomic E-state index is 0.102. The normalized spacial score (nSPS) is 14.6. The predicted molar refractivity (Wildman–Crippen MR) is 75.8 cm³/mol. The van der Waals surface area contributed by atoms with Crippen molar-refractivity contribution in [3.05, 3.63) is 30.3 Å². The maximum Gasteiger partial charge on any atom is 0.113 e. The van der Waals surface area contributed by atoms with Crippen molar-refractivity contribution in [1.29, 1.82) is 0 Å². The van der Waals surface area contributed by atoms with E-state index in [1.165, 1.54) is 0 Å². The van der Waals surface area contributed by atoms with Crippen molar-refractivity contribution in [1.82, 2.24) is 15.0 Å². The molecule has 0 saturated heterocycles. The van der Waals surface area contributed by atoms with E-state index in [0.717, 1.165) is 11.0 Å². The Labute approximate surface area is 107 Å². The smallest absolute Gasteiger partial charge is 0.113 e. The van der Waals surface area contributed by atoms with Crippen molar-refractivity contribution in [3.63, 3.8) is 0 Å². The van der Waals surface area contributed by atoms with E-state index in [-0.39, 0.29) is 5.00 Å². The Balaban J connectivity index is 2.27. The second-order valence-corrected chi connectivity index (χ2v) is 11.3. The van der Waals surface area contributed by atoms with Crippen LogP contribution in [0.1, 0.15) is 0 Å². The monoisotopic (exact) mass is 265 g/mol. The summed E-state index contributed by atoms with van der Waals surface area (Å²) < 4.78 is 1.77. The van der Waals surface area contributed by atoms with Crippen LogP contribution in [-0.2, 0) is 0 Å². The minimum atomic E-state index is -1.34. The molecular weight excluding hydrogens is 250 g/mol. The second kappa shape index (κ2) is 4.62. The number of halogens is 1. The topological polar surface area (TPSA) is 30.7 Å². The average Bonchev–Trinajstić information content (AvgIpc) is 2.68. The maximum atomic E-state index is 6.34. The van der Waals surface area contributed by atoms with E-state index in [4.69, 9.17) is 11.6 Å². The molecule has 1 atom stereocenters. The molecule has 2 rings (SSSR count). The van der Waals surface area contributed by atoms with Gasteiger partial charge in [-0.15, -0.1) is 16.7 Å². The van der Waals surface area contributed by atoms with E-state index in [2.05, 4.69) is 30.0 Å². The SMILES string of the molecule is C[Si](C)(C)C(Cl)C=Cn1nnc2ccccc21. The molecule has 17 heavy (non-hydrogen) atoms. The molecule has 90 valence electrons. The summed E-state index contributed by atoms with van der Waals surface area (Å²) in [6, 6.07) is 7.88. The van der Waals surface area contributed by atoms with Crippen LogP contribution in [0, 0.1) is 0 Å². The Kier molecular flexibility index (Phi) is 3.35. The van der Waals surface area contributed by atoms with Crippen molar-refractivity contribution >= 4 is 36.9 Å². The van der Waals surface area contributed by atoms with E-state index in [0.29, 0.717) is 0 Å². The highest BCUT2D eigenvalue weighted by molar-refractivity contribution is 6.84. The van der Waals surface area contributed by atoms with Crippen LogP contribution < -0.4 is 0 Å². The number of nitrogens with zero attached hydrogens (tertiary/aromatic N) is 3. The lowest BCUT2D eigenvalue weighted by Crippen LogP contribution is -2.32. The third-order valence-electron chi connectivity index (χ3n) is 2.60. The molecule has 0 aliphatic rings. The molecule has 0 spiro atoms. The van der Waals surface area contributed by atoms with Gasteiger partial charge in [0.05, 0.1) is 13.6 Å². The summed E-state index contributed by atoms with van der Waals surface area (Å²) >= 11 is 6.34. The highest BCUT2D eigenvalue weighted by atomic mass is 35.5. The summed E-state index contributed by atoms with van der Waals surface area (Å²) in [6.07, 6.45) is 3.92. The number of hydrogen-bond donors (Lipinski definition) is 0. The van der Waals surface area contributed by atoms with Gasteiger partial charge in [0.25, 0.3) is 0 Å². The first kappa shape index (κ1) is 12.3. The molecule has 0 bridgehead atoms. The molecule has 1 unspecified atom stereocenters. The first-order valence-corrected chi connectivity index (χ1v) is 9.62. The highest BCUT2D eigenvalue weighted by Gasteiger charge is 2.21. The van der Waals surface area contributed by atoms with E-state index in [1.54, 1.807) is 4.68 Å². The molecule has 3 nitrogen and oxygen atoms in total. The Hall–Kier alpha value is -1.13. The van der Waals surface area contributed by atoms with Crippen molar-refractivity contribution in [2.45, 2.75) is 24.6 Å². The van der Waals surface area contributed by atoms with Crippen LogP contribution >= 0.6 is 11.6 Å². The fourth-order valence-corrected chi connectivity index (χ4v) is 2.17. The van der Waals surface area contributed by atoms with Crippen molar-refractivity contribution in [3.8, 4) is 0 Å². The second-order valence-electron chi connectivity index (χ2n) is 5.13. The summed E-state index contributed by atoms with van der Waals surface area (Å²) in [7, 11) is -1.34. The molecule has 0 amide bonds. The lowest BCUT2D eigenvalue weighted by atomic mass is 10.3. The summed E-state index contributed by atoms with van der Waals surface area (Å²) in [5.41, 5.74) is 1.90. The van der Waals surface area contributed by atoms with Gasteiger partial charge in [-0.05, 0) is 12.1 Å². The Bertz CT molecular complexity index is 542. The molecular formula is C12H16ClN3Si. The number of hydrogen-bond acceptors (Lipinski definition) is 2. The minimum Gasteiger partial charge on any atom is -0.220 e. The van der Waals surface area contributed by atoms with Crippen LogP contribution in [0.25, 0.3) is 17.2 Å². The van der Waals surface area contributed by atoms with E-state index < -0.39 is 8.07 Å². The van der Waals surface area contributed by atoms with Gasteiger partial charge in [-0.25, -0.2) is 4.68 Å². The van der Waals surface area contributed by atoms with Crippen LogP contribution in [-0.4, -0.2) is 28.1 Å². The fourth-order valence-electron chi connectivity index (χ4n) is 1.44. The Morgan fingerprint density at radius 1 is 1.29 bits per heavy atom. The summed E-state index contributed by atoms with van der Waals surface area (Å²) in [6.45, 7) is 6.73. The third-order valence-corrected chi connectivity index (χ3v) is 6.56. The lowest BCUT2D eigenvalue weighted by molar-refractivity contribution is 0.860. The molecule has 5 heteroatoms. The van der Waals surface area contributed by atoms with Gasteiger partial charge in [0, 0.05) is 11.2 Å². The lowest BCUT2D eigenvalue weighted by Gasteiger charge is -2.19. The van der Waals surface area contributed by atoms with Crippen LogP contribution in [0.15, 0.2) is 30.3 Å². The van der Waals surface area contributed by atoms with Crippen LogP contribution in [0.4, 0.5) is 0 Å². The standard InChI is InChI=1S/C12H16ClN3Si/c1-17(2,3)12(13)8-9-16-11-7-5-4-6-10(11)14-15-16/h4-9,12H,1-3H3. The fraction of sp³-hybridized carbons (Fsp3) is 0.333. The Morgan fingerprint density at radius 3 is 2.71 bits per heavy atom. The molecule has 1 aromatic heterocycles. The molecule has 0 aliphatic heterocycles. The van der Waals surface area contributed by atoms with Crippen molar-refractivity contribution in [2.24, 2.45) is 0 Å². The first-order chi connectivity index (χ1) is 7.98. The number of fused-ring (bicyclic) bond motifs is 1. The Morgan fingerprint density at radius 2 is 2.00 bits per heavy atom. The quantitative estimate of drug-likeness (QED) is 0.629. The van der Waals surface area contributed by atoms with Gasteiger partial charge in [-0.1, -0.05) is 43.1 Å². The molecule has 0 N–H and O–H groups in total. The van der Waals surface area contributed by atoms with Gasteiger partial charge in [0.15, 0.2) is 0 Å². The largest absolute Gasteiger partial charge is 0.220 e. The highest BCUT2D eigenvalue weighted by Crippen LogP contribution is 2.16. The first-order valence-electron chi connectivity index (χ1n) is 5.61. The number of rotatable bonds is 3. The zero-order chi connectivity index (χ0) is 12.5. The maximum absolute atomic E-state index is 6.34. The number of alkyl halides is 1. The van der Waals surface area contributed by atoms with E-state index >= 15 is 0 Å². The van der Waals surface area contributed by atoms with Gasteiger partial charge in [-0.2, -0.15) is 0 Å². The van der Waals surface area contributed by atoms with Gasteiger partial charge in [0.2, 0.25) is 0 Å². The van der Waals surface area contributed by atoms with E-state index in [1.807, 2.05) is 36.5 Å². The number of allylic oxidation sites excluding steroid dienone is 1. The zero-order valence-corrected chi connectivity index (χ0v) is 12.0. The molecule has 2 aromatic rings. The summed E-state index contributed by atoms with van der Waals surface area (Å²) in [5, 5.41) is 8.28. The molecule has 0 aliphatic carbocycles. The van der Waals surface area contributed by atoms with Crippen LogP contribution in [0.2, 0.25) is 19.6 Å². The number of para-hydroxylation sites is 1. The van der Waals surface area contributed by atoms with E-state index in [9.17, 15) is 0 Å². The summed E-state index contributed by atoms with van der Waals surface area (Å²) in [5.74, 6) is 0. The molecule has 1 heterocycles. The number of benzene rings is 1. The summed E-state index contributed by atoms with van der Waals surface area (Å²) in [4.78, 5) is 0. The van der Waals surface area contributed by atoms with Gasteiger partial charge < -0.3 is 0 Å². The van der Waals surface area contributed by atoms with Gasteiger partial charge in [-0.3, -0.25) is 0 Å². The van der Waals surface area contributed by atoms with Crippen molar-refractivity contribution < 1.29 is 0 Å². The number of aromatic nitrogens is 3. The van der Waals surface area contributed by atoms with Crippen LogP contribution in [0.5, 0.6) is 0 Å². The third kappa shape index (κ3) is 2.76. The average molecular weight is 266 g/mol. The van der Waals surface area contributed by atoms with Crippen LogP contribution in [0.3, 0.4) is 0 Å². The van der Waals surface area contributed by atoms with Crippen molar-refractivity contribution in [2.75, 3.05) is 0 Å². The predicted octanol–water partition coefficient (Wildman–Crippen LogP) is 3.39.